The van der Waals surface area contributed by atoms with Crippen molar-refractivity contribution in [3.05, 3.63) is 82.3 Å². The molecular weight excluding hydrogens is 789 g/mol. The van der Waals surface area contributed by atoms with Crippen LogP contribution in [0.5, 0.6) is 0 Å². The van der Waals surface area contributed by atoms with Crippen molar-refractivity contribution in [2.75, 3.05) is 49.6 Å². The molecule has 2 aromatic heterocycles. The summed E-state index contributed by atoms with van der Waals surface area (Å²) >= 11 is 6.39. The summed E-state index contributed by atoms with van der Waals surface area (Å²) in [7, 11) is 2.17. The summed E-state index contributed by atoms with van der Waals surface area (Å²) in [5, 5.41) is 19.5. The third kappa shape index (κ3) is 8.14. The highest BCUT2D eigenvalue weighted by Crippen LogP contribution is 2.49. The van der Waals surface area contributed by atoms with Crippen LogP contribution in [0.2, 0.25) is 5.02 Å². The second-order valence-corrected chi connectivity index (χ2v) is 16.9. The Hall–Kier alpha value is -5.06. The van der Waals surface area contributed by atoms with Crippen molar-refractivity contribution < 1.29 is 37.5 Å². The van der Waals surface area contributed by atoms with Crippen LogP contribution >= 0.6 is 11.6 Å². The molecule has 13 nitrogen and oxygen atoms in total. The lowest BCUT2D eigenvalue weighted by atomic mass is 9.85. The van der Waals surface area contributed by atoms with Crippen LogP contribution in [0.4, 0.5) is 29.3 Å². The second kappa shape index (κ2) is 15.8. The van der Waals surface area contributed by atoms with Crippen LogP contribution in [-0.2, 0) is 16.7 Å². The number of halogens is 4. The van der Waals surface area contributed by atoms with E-state index in [1.807, 2.05) is 15.8 Å². The molecule has 3 fully saturated rings. The molecule has 2 N–H and O–H groups in total. The van der Waals surface area contributed by atoms with E-state index < -0.39 is 35.2 Å². The van der Waals surface area contributed by atoms with Crippen molar-refractivity contribution >= 4 is 57.6 Å². The van der Waals surface area contributed by atoms with Crippen LogP contribution in [0.25, 0.3) is 10.9 Å². The summed E-state index contributed by atoms with van der Waals surface area (Å²) in [6.45, 7) is 4.92. The van der Waals surface area contributed by atoms with Gasteiger partial charge in [0.1, 0.15) is 11.4 Å². The van der Waals surface area contributed by atoms with Gasteiger partial charge in [-0.3, -0.25) is 34.2 Å². The summed E-state index contributed by atoms with van der Waals surface area (Å²) in [4.78, 5) is 61.1. The highest BCUT2D eigenvalue weighted by Gasteiger charge is 2.49. The second-order valence-electron chi connectivity index (χ2n) is 16.5. The van der Waals surface area contributed by atoms with Gasteiger partial charge >= 0.3 is 12.2 Å². The lowest BCUT2D eigenvalue weighted by molar-refractivity contribution is -0.141. The van der Waals surface area contributed by atoms with Gasteiger partial charge in [0.25, 0.3) is 11.8 Å². The van der Waals surface area contributed by atoms with Gasteiger partial charge in [0.2, 0.25) is 5.91 Å². The molecule has 1 aliphatic carbocycles. The SMILES string of the molecule is CN(CCC1CCN(C(=O)c2ccc(Cl)c(N3CCC(=O)NC3=O)c2)CC1)C[C@H]1CC[C@H](n2cc3cc4c(cc3n2)C(C)(O)N4C(=O)c2cccc(C(F)(F)F)n2)CC1. The Morgan fingerprint density at radius 2 is 1.71 bits per heavy atom. The zero-order chi connectivity index (χ0) is 41.8. The van der Waals surface area contributed by atoms with E-state index in [0.29, 0.717) is 58.0 Å². The number of carbonyl (C=O) groups is 4. The van der Waals surface area contributed by atoms with E-state index in [9.17, 15) is 37.5 Å². The number of alkyl halides is 3. The number of aromatic nitrogens is 3. The number of nitrogens with one attached hydrogen (secondary N) is 1. The van der Waals surface area contributed by atoms with Crippen molar-refractivity contribution in [3.8, 4) is 0 Å². The number of carbonyl (C=O) groups excluding carboxylic acids is 4. The molecule has 0 radical (unpaired) electrons. The molecule has 312 valence electrons. The number of aliphatic hydroxyl groups is 1. The average molecular weight is 835 g/mol. The van der Waals surface area contributed by atoms with Crippen LogP contribution in [0.15, 0.2) is 54.7 Å². The van der Waals surface area contributed by atoms with Crippen LogP contribution in [0.1, 0.15) is 96.4 Å². The number of urea groups is 1. The lowest BCUT2D eigenvalue weighted by Crippen LogP contribution is -2.56. The molecule has 2 saturated heterocycles. The van der Waals surface area contributed by atoms with Crippen LogP contribution in [0, 0.1) is 11.8 Å². The lowest BCUT2D eigenvalue weighted by Gasteiger charge is -2.47. The first kappa shape index (κ1) is 40.7. The first-order valence-corrected chi connectivity index (χ1v) is 20.5. The molecule has 1 unspecified atom stereocenters. The summed E-state index contributed by atoms with van der Waals surface area (Å²) in [6.07, 6.45) is 4.31. The third-order valence-corrected chi connectivity index (χ3v) is 12.7. The molecule has 4 aromatic rings. The maximum atomic E-state index is 13.4. The fraction of sp³-hybridized carbons (Fsp3) is 0.476. The summed E-state index contributed by atoms with van der Waals surface area (Å²) in [5.74, 6) is -0.180. The van der Waals surface area contributed by atoms with Gasteiger partial charge in [0.05, 0.1) is 28.0 Å². The Kier molecular flexibility index (Phi) is 10.9. The van der Waals surface area contributed by atoms with Gasteiger partial charge in [-0.1, -0.05) is 17.7 Å². The van der Waals surface area contributed by atoms with E-state index >= 15 is 0 Å². The van der Waals surface area contributed by atoms with E-state index in [-0.39, 0.29) is 30.8 Å². The predicted molar refractivity (Wildman–Crippen MR) is 214 cm³/mol. The highest BCUT2D eigenvalue weighted by molar-refractivity contribution is 6.34. The fourth-order valence-electron chi connectivity index (χ4n) is 9.05. The minimum absolute atomic E-state index is 0.0967. The number of amides is 5. The molecule has 5 heterocycles. The number of pyridine rings is 1. The van der Waals surface area contributed by atoms with Gasteiger partial charge in [-0.2, -0.15) is 18.3 Å². The van der Waals surface area contributed by atoms with Gasteiger partial charge in [0, 0.05) is 55.3 Å². The summed E-state index contributed by atoms with van der Waals surface area (Å²) in [6, 6.07) is 11.2. The van der Waals surface area contributed by atoms with Gasteiger partial charge in [-0.25, -0.2) is 9.78 Å². The number of benzene rings is 2. The molecule has 0 spiro atoms. The predicted octanol–water partition coefficient (Wildman–Crippen LogP) is 6.98. The maximum Gasteiger partial charge on any atom is 0.433 e. The Labute approximate surface area is 344 Å². The number of likely N-dealkylation sites (tertiary alicyclic amines) is 1. The monoisotopic (exact) mass is 834 g/mol. The zero-order valence-corrected chi connectivity index (χ0v) is 33.6. The number of hydrogen-bond acceptors (Lipinski definition) is 8. The number of rotatable bonds is 9. The molecule has 59 heavy (non-hydrogen) atoms. The largest absolute Gasteiger partial charge is 0.433 e. The molecule has 3 aliphatic heterocycles. The van der Waals surface area contributed by atoms with Gasteiger partial charge in [-0.15, -0.1) is 0 Å². The Morgan fingerprint density at radius 1 is 0.966 bits per heavy atom. The van der Waals surface area contributed by atoms with Crippen molar-refractivity contribution in [2.45, 2.75) is 76.2 Å². The van der Waals surface area contributed by atoms with E-state index in [1.54, 1.807) is 30.3 Å². The van der Waals surface area contributed by atoms with Crippen LogP contribution in [0.3, 0.4) is 0 Å². The first-order valence-electron chi connectivity index (χ1n) is 20.1. The highest BCUT2D eigenvalue weighted by atomic mass is 35.5. The average Bonchev–Trinajstić information content (AvgIpc) is 3.63. The number of imide groups is 1. The Bertz CT molecular complexity index is 2300. The quantitative estimate of drug-likeness (QED) is 0.184. The van der Waals surface area contributed by atoms with E-state index in [2.05, 4.69) is 22.2 Å². The smallest absolute Gasteiger partial charge is 0.366 e. The number of piperidine rings is 1. The Balaban J connectivity index is 0.799. The van der Waals surface area contributed by atoms with Crippen molar-refractivity contribution in [2.24, 2.45) is 11.8 Å². The third-order valence-electron chi connectivity index (χ3n) is 12.4. The number of nitrogens with zero attached hydrogens (tertiary/aromatic N) is 7. The first-order chi connectivity index (χ1) is 28.1. The summed E-state index contributed by atoms with van der Waals surface area (Å²) in [5.41, 5.74) is -0.879. The topological polar surface area (TPSA) is 144 Å². The number of anilines is 2. The maximum absolute atomic E-state index is 13.4. The zero-order valence-electron chi connectivity index (χ0n) is 32.8. The van der Waals surface area contributed by atoms with E-state index in [4.69, 9.17) is 16.7 Å². The van der Waals surface area contributed by atoms with Crippen molar-refractivity contribution in [1.82, 2.24) is 29.9 Å². The molecule has 0 bridgehead atoms. The molecule has 4 aliphatic rings. The van der Waals surface area contributed by atoms with Crippen LogP contribution < -0.4 is 15.1 Å². The molecule has 1 atom stereocenters. The molecule has 17 heteroatoms. The van der Waals surface area contributed by atoms with Crippen molar-refractivity contribution in [1.29, 1.82) is 0 Å². The Morgan fingerprint density at radius 3 is 2.42 bits per heavy atom. The molecule has 1 saturated carbocycles. The minimum atomic E-state index is -4.71. The minimum Gasteiger partial charge on any atom is -0.366 e. The normalized spacial score (nSPS) is 22.7. The molecule has 8 rings (SSSR count). The van der Waals surface area contributed by atoms with Gasteiger partial charge in [-0.05, 0) is 120 Å². The van der Waals surface area contributed by atoms with E-state index in [0.717, 1.165) is 80.5 Å². The fourth-order valence-corrected chi connectivity index (χ4v) is 9.27. The standard InChI is InChI=1S/C42H46ClF3N8O5/c1-41(59)30-22-33-28(21-34(30)54(41)39(57)32-4-3-5-36(47-32)42(44,45)46)24-53(49-33)29-9-6-26(7-10-29)23-50(2)16-12-25-13-17-51(18-14-25)38(56)27-8-11-31(43)35(20-27)52-19-15-37(55)48-40(52)58/h3-5,8,11,20-22,24-26,29,59H,6-7,9-10,12-19,23H2,1-2H3,(H,48,55,58)/t26-,29-,41?. The number of fused-ring (bicyclic) bond motifs is 2. The molecule has 5 amide bonds. The van der Waals surface area contributed by atoms with Crippen molar-refractivity contribution in [3.63, 3.8) is 0 Å². The number of hydrogen-bond donors (Lipinski definition) is 2. The van der Waals surface area contributed by atoms with Gasteiger partial charge < -0.3 is 14.9 Å². The van der Waals surface area contributed by atoms with Gasteiger partial charge in [0.15, 0.2) is 5.72 Å². The van der Waals surface area contributed by atoms with E-state index in [1.165, 1.54) is 17.9 Å². The molecular formula is C42H46ClF3N8O5. The van der Waals surface area contributed by atoms with Crippen LogP contribution in [-0.4, -0.2) is 93.2 Å². The summed E-state index contributed by atoms with van der Waals surface area (Å²) < 4.78 is 41.8. The molecule has 2 aromatic carbocycles.